The van der Waals surface area contributed by atoms with Crippen LogP contribution in [0.25, 0.3) is 22.3 Å². The molecule has 1 fully saturated rings. The first-order valence-corrected chi connectivity index (χ1v) is 10.6. The van der Waals surface area contributed by atoms with Crippen molar-refractivity contribution in [3.05, 3.63) is 71.7 Å². The van der Waals surface area contributed by atoms with Gasteiger partial charge in [0.15, 0.2) is 5.78 Å². The molecule has 31 heavy (non-hydrogen) atoms. The molecule has 0 aliphatic carbocycles. The number of nitrogens with zero attached hydrogens (tertiary/aromatic N) is 4. The van der Waals surface area contributed by atoms with E-state index < -0.39 is 0 Å². The molecule has 1 N–H and O–H groups in total. The number of H-pyrrole nitrogens is 1. The topological polar surface area (TPSA) is 78.3 Å². The molecule has 2 aromatic heterocycles. The lowest BCUT2D eigenvalue weighted by atomic mass is 10.1. The van der Waals surface area contributed by atoms with Crippen molar-refractivity contribution in [2.24, 2.45) is 0 Å². The quantitative estimate of drug-likeness (QED) is 0.486. The summed E-state index contributed by atoms with van der Waals surface area (Å²) in [6.07, 6.45) is 0. The largest absolute Gasteiger partial charge is 0.358 e. The van der Waals surface area contributed by atoms with E-state index in [2.05, 4.69) is 24.9 Å². The van der Waals surface area contributed by atoms with Crippen molar-refractivity contribution in [2.45, 2.75) is 13.5 Å². The van der Waals surface area contributed by atoms with Crippen LogP contribution in [-0.4, -0.2) is 63.4 Å². The van der Waals surface area contributed by atoms with Gasteiger partial charge in [-0.25, -0.2) is 0 Å². The molecule has 1 aliphatic heterocycles. The Morgan fingerprint density at radius 1 is 1.00 bits per heavy atom. The normalized spacial score (nSPS) is 15.5. The van der Waals surface area contributed by atoms with E-state index in [-0.39, 0.29) is 5.78 Å². The Labute approximate surface area is 180 Å². The molecule has 0 radical (unpaired) electrons. The molecule has 5 rings (SSSR count). The molecule has 0 saturated carbocycles. The van der Waals surface area contributed by atoms with Gasteiger partial charge in [0.1, 0.15) is 0 Å². The first kappa shape index (κ1) is 19.7. The lowest BCUT2D eigenvalue weighted by Crippen LogP contribution is -2.47. The van der Waals surface area contributed by atoms with Crippen LogP contribution in [0.5, 0.6) is 0 Å². The zero-order valence-corrected chi connectivity index (χ0v) is 17.5. The van der Waals surface area contributed by atoms with E-state index in [0.29, 0.717) is 24.8 Å². The van der Waals surface area contributed by atoms with Gasteiger partial charge in [-0.15, -0.1) is 0 Å². The summed E-state index contributed by atoms with van der Waals surface area (Å²) in [5, 5.41) is 5.11. The predicted molar refractivity (Wildman–Crippen MR) is 119 cm³/mol. The standard InChI is InChI=1S/C24H25N5O2/c1-17-23(19-9-5-6-10-20(19)25-17)21(30)15-28-11-13-29(14-12-28)16-22-26-24(27-31-22)18-7-3-2-4-8-18/h2-10,25H,11-16H2,1H3. The number of rotatable bonds is 6. The summed E-state index contributed by atoms with van der Waals surface area (Å²) in [6, 6.07) is 17.8. The molecule has 2 aromatic carbocycles. The summed E-state index contributed by atoms with van der Waals surface area (Å²) in [6.45, 7) is 6.45. The first-order chi connectivity index (χ1) is 15.2. The van der Waals surface area contributed by atoms with Gasteiger partial charge in [0.2, 0.25) is 11.7 Å². The number of Topliss-reactive ketones (excluding diaryl/α,β-unsaturated/α-hetero) is 1. The molecular weight excluding hydrogens is 390 g/mol. The lowest BCUT2D eigenvalue weighted by molar-refractivity contribution is 0.0827. The fourth-order valence-corrected chi connectivity index (χ4v) is 4.24. The molecule has 7 heteroatoms. The SMILES string of the molecule is Cc1[nH]c2ccccc2c1C(=O)CN1CCN(Cc2nc(-c3ccccc3)no2)CC1. The summed E-state index contributed by atoms with van der Waals surface area (Å²) in [5.74, 6) is 1.42. The van der Waals surface area contributed by atoms with Gasteiger partial charge < -0.3 is 9.51 Å². The highest BCUT2D eigenvalue weighted by Gasteiger charge is 2.23. The van der Waals surface area contributed by atoms with Crippen molar-refractivity contribution < 1.29 is 9.32 Å². The maximum Gasteiger partial charge on any atom is 0.241 e. The number of fused-ring (bicyclic) bond motifs is 1. The minimum atomic E-state index is 0.174. The molecule has 1 saturated heterocycles. The Kier molecular flexibility index (Phi) is 5.36. The van der Waals surface area contributed by atoms with E-state index in [1.807, 2.05) is 61.5 Å². The molecule has 7 nitrogen and oxygen atoms in total. The van der Waals surface area contributed by atoms with Gasteiger partial charge >= 0.3 is 0 Å². The van der Waals surface area contributed by atoms with Crippen molar-refractivity contribution in [3.63, 3.8) is 0 Å². The highest BCUT2D eigenvalue weighted by molar-refractivity contribution is 6.10. The molecular formula is C24H25N5O2. The third kappa shape index (κ3) is 4.15. The number of piperazine rings is 1. The van der Waals surface area contributed by atoms with Crippen LogP contribution >= 0.6 is 0 Å². The van der Waals surface area contributed by atoms with Gasteiger partial charge in [-0.05, 0) is 13.0 Å². The predicted octanol–water partition coefficient (Wildman–Crippen LogP) is 3.53. The highest BCUT2D eigenvalue weighted by atomic mass is 16.5. The molecule has 4 aromatic rings. The second-order valence-electron chi connectivity index (χ2n) is 8.02. The van der Waals surface area contributed by atoms with Crippen LogP contribution in [0.4, 0.5) is 0 Å². The van der Waals surface area contributed by atoms with Gasteiger partial charge in [0.25, 0.3) is 0 Å². The third-order valence-electron chi connectivity index (χ3n) is 5.86. The number of para-hydroxylation sites is 1. The number of carbonyl (C=O) groups excluding carboxylic acids is 1. The second-order valence-corrected chi connectivity index (χ2v) is 8.02. The fourth-order valence-electron chi connectivity index (χ4n) is 4.24. The van der Waals surface area contributed by atoms with E-state index >= 15 is 0 Å². The fraction of sp³-hybridized carbons (Fsp3) is 0.292. The molecule has 0 unspecified atom stereocenters. The van der Waals surface area contributed by atoms with Crippen molar-refractivity contribution >= 4 is 16.7 Å². The Balaban J connectivity index is 1.17. The number of aryl methyl sites for hydroxylation is 1. The minimum Gasteiger partial charge on any atom is -0.358 e. The van der Waals surface area contributed by atoms with Crippen molar-refractivity contribution in [2.75, 3.05) is 32.7 Å². The average Bonchev–Trinajstić information content (AvgIpc) is 3.39. The second kappa shape index (κ2) is 8.45. The Morgan fingerprint density at radius 2 is 1.71 bits per heavy atom. The summed E-state index contributed by atoms with van der Waals surface area (Å²) in [4.78, 5) is 25.4. The van der Waals surface area contributed by atoms with Gasteiger partial charge in [-0.1, -0.05) is 53.7 Å². The van der Waals surface area contributed by atoms with Crippen LogP contribution in [0.1, 0.15) is 21.9 Å². The Morgan fingerprint density at radius 3 is 2.52 bits per heavy atom. The number of carbonyl (C=O) groups is 1. The molecule has 0 spiro atoms. The molecule has 0 bridgehead atoms. The maximum atomic E-state index is 13.0. The zero-order valence-electron chi connectivity index (χ0n) is 17.5. The number of nitrogens with one attached hydrogen (secondary N) is 1. The first-order valence-electron chi connectivity index (χ1n) is 10.6. The lowest BCUT2D eigenvalue weighted by Gasteiger charge is -2.33. The third-order valence-corrected chi connectivity index (χ3v) is 5.86. The number of hydrogen-bond donors (Lipinski definition) is 1. The van der Waals surface area contributed by atoms with Crippen LogP contribution in [0.2, 0.25) is 0 Å². The van der Waals surface area contributed by atoms with Crippen molar-refractivity contribution in [1.82, 2.24) is 24.9 Å². The van der Waals surface area contributed by atoms with Crippen molar-refractivity contribution in [1.29, 1.82) is 0 Å². The molecule has 1 aliphatic rings. The molecule has 158 valence electrons. The van der Waals surface area contributed by atoms with Crippen molar-refractivity contribution in [3.8, 4) is 11.4 Å². The summed E-state index contributed by atoms with van der Waals surface area (Å²) in [5.41, 5.74) is 3.73. The summed E-state index contributed by atoms with van der Waals surface area (Å²) < 4.78 is 5.44. The molecule has 3 heterocycles. The monoisotopic (exact) mass is 415 g/mol. The number of hydrogen-bond acceptors (Lipinski definition) is 6. The van der Waals surface area contributed by atoms with Gasteiger partial charge in [-0.2, -0.15) is 4.98 Å². The van der Waals surface area contributed by atoms with E-state index in [9.17, 15) is 4.79 Å². The number of benzene rings is 2. The highest BCUT2D eigenvalue weighted by Crippen LogP contribution is 2.23. The molecule has 0 amide bonds. The smallest absolute Gasteiger partial charge is 0.241 e. The summed E-state index contributed by atoms with van der Waals surface area (Å²) in [7, 11) is 0. The van der Waals surface area contributed by atoms with Crippen LogP contribution in [0.15, 0.2) is 59.1 Å². The zero-order chi connectivity index (χ0) is 21.2. The van der Waals surface area contributed by atoms with E-state index in [0.717, 1.165) is 53.9 Å². The number of ketones is 1. The Bertz CT molecular complexity index is 1190. The van der Waals surface area contributed by atoms with Crippen LogP contribution in [-0.2, 0) is 6.54 Å². The molecule has 0 atom stereocenters. The number of aromatic amines is 1. The van der Waals surface area contributed by atoms with Gasteiger partial charge in [0, 0.05) is 53.9 Å². The van der Waals surface area contributed by atoms with Crippen LogP contribution < -0.4 is 0 Å². The van der Waals surface area contributed by atoms with E-state index in [1.54, 1.807) is 0 Å². The maximum absolute atomic E-state index is 13.0. The summed E-state index contributed by atoms with van der Waals surface area (Å²) >= 11 is 0. The minimum absolute atomic E-state index is 0.174. The van der Waals surface area contributed by atoms with Crippen LogP contribution in [0.3, 0.4) is 0 Å². The van der Waals surface area contributed by atoms with Crippen LogP contribution in [0, 0.1) is 6.92 Å². The Hall–Kier alpha value is -3.29. The van der Waals surface area contributed by atoms with Gasteiger partial charge in [-0.3, -0.25) is 14.6 Å². The average molecular weight is 415 g/mol. The number of aromatic nitrogens is 3. The van der Waals surface area contributed by atoms with Gasteiger partial charge in [0.05, 0.1) is 13.1 Å². The van der Waals surface area contributed by atoms with E-state index in [4.69, 9.17) is 4.52 Å². The van der Waals surface area contributed by atoms with E-state index in [1.165, 1.54) is 0 Å².